The number of rotatable bonds is 5. The van der Waals surface area contributed by atoms with Crippen LogP contribution in [-0.4, -0.2) is 25.8 Å². The van der Waals surface area contributed by atoms with Gasteiger partial charge in [0.25, 0.3) is 0 Å². The third kappa shape index (κ3) is 3.76. The molecule has 0 spiro atoms. The highest BCUT2D eigenvalue weighted by Gasteiger charge is 2.12. The summed E-state index contributed by atoms with van der Waals surface area (Å²) in [7, 11) is 3.64. The Hall–Kier alpha value is -2.00. The van der Waals surface area contributed by atoms with Gasteiger partial charge in [0.1, 0.15) is 5.75 Å². The van der Waals surface area contributed by atoms with Crippen LogP contribution in [0.25, 0.3) is 0 Å². The van der Waals surface area contributed by atoms with Gasteiger partial charge in [-0.3, -0.25) is 0 Å². The number of aryl methyl sites for hydroxylation is 2. The van der Waals surface area contributed by atoms with Crippen LogP contribution in [-0.2, 0) is 0 Å². The van der Waals surface area contributed by atoms with Crippen molar-refractivity contribution in [1.29, 1.82) is 0 Å². The summed E-state index contributed by atoms with van der Waals surface area (Å²) in [6.45, 7) is 4.73. The molecule has 0 heterocycles. The Morgan fingerprint density at radius 2 is 1.76 bits per heavy atom. The SMILES string of the molecule is COc1ccc(C(O)CN(C)c2ccc(C)cc2C)cc1. The summed E-state index contributed by atoms with van der Waals surface area (Å²) in [4.78, 5) is 2.09. The molecule has 0 aliphatic carbocycles. The van der Waals surface area contributed by atoms with E-state index in [9.17, 15) is 5.11 Å². The Labute approximate surface area is 126 Å². The summed E-state index contributed by atoms with van der Waals surface area (Å²) < 4.78 is 5.13. The first-order valence-electron chi connectivity index (χ1n) is 7.11. The Balaban J connectivity index is 2.08. The largest absolute Gasteiger partial charge is 0.497 e. The van der Waals surface area contributed by atoms with Crippen molar-refractivity contribution in [3.8, 4) is 5.75 Å². The Morgan fingerprint density at radius 3 is 2.33 bits per heavy atom. The maximum Gasteiger partial charge on any atom is 0.118 e. The highest BCUT2D eigenvalue weighted by molar-refractivity contribution is 5.54. The molecule has 3 heteroatoms. The molecule has 112 valence electrons. The van der Waals surface area contributed by atoms with Gasteiger partial charge in [-0.25, -0.2) is 0 Å². The molecular weight excluding hydrogens is 262 g/mol. The fraction of sp³-hybridized carbons (Fsp3) is 0.333. The van der Waals surface area contributed by atoms with E-state index in [0.29, 0.717) is 6.54 Å². The van der Waals surface area contributed by atoms with Crippen LogP contribution >= 0.6 is 0 Å². The quantitative estimate of drug-likeness (QED) is 0.913. The first-order chi connectivity index (χ1) is 10.0. The van der Waals surface area contributed by atoms with E-state index in [1.165, 1.54) is 11.1 Å². The molecule has 0 radical (unpaired) electrons. The predicted octanol–water partition coefficient (Wildman–Crippen LogP) is 3.48. The Kier molecular flexibility index (Phi) is 4.86. The van der Waals surface area contributed by atoms with Gasteiger partial charge in [0, 0.05) is 19.3 Å². The molecule has 2 rings (SSSR count). The van der Waals surface area contributed by atoms with E-state index >= 15 is 0 Å². The van der Waals surface area contributed by atoms with E-state index in [2.05, 4.69) is 36.9 Å². The van der Waals surface area contributed by atoms with Crippen LogP contribution < -0.4 is 9.64 Å². The average Bonchev–Trinajstić information content (AvgIpc) is 2.47. The Bertz CT molecular complexity index is 593. The van der Waals surface area contributed by atoms with E-state index in [4.69, 9.17) is 4.74 Å². The monoisotopic (exact) mass is 285 g/mol. The van der Waals surface area contributed by atoms with Gasteiger partial charge >= 0.3 is 0 Å². The molecule has 1 atom stereocenters. The average molecular weight is 285 g/mol. The van der Waals surface area contributed by atoms with Gasteiger partial charge < -0.3 is 14.7 Å². The van der Waals surface area contributed by atoms with Crippen LogP contribution in [0.3, 0.4) is 0 Å². The lowest BCUT2D eigenvalue weighted by Crippen LogP contribution is -2.24. The number of hydrogen-bond acceptors (Lipinski definition) is 3. The molecular formula is C18H23NO2. The molecule has 0 fully saturated rings. The number of likely N-dealkylation sites (N-methyl/N-ethyl adjacent to an activating group) is 1. The van der Waals surface area contributed by atoms with Gasteiger partial charge in [0.05, 0.1) is 13.2 Å². The molecule has 1 N–H and O–H groups in total. The third-order valence-corrected chi connectivity index (χ3v) is 3.71. The van der Waals surface area contributed by atoms with E-state index in [1.807, 2.05) is 31.3 Å². The summed E-state index contributed by atoms with van der Waals surface area (Å²) >= 11 is 0. The minimum absolute atomic E-state index is 0.526. The van der Waals surface area contributed by atoms with Gasteiger partial charge in [-0.1, -0.05) is 29.8 Å². The molecule has 3 nitrogen and oxygen atoms in total. The van der Waals surface area contributed by atoms with E-state index in [0.717, 1.165) is 17.0 Å². The predicted molar refractivity (Wildman–Crippen MR) is 87.1 cm³/mol. The van der Waals surface area contributed by atoms with Crippen LogP contribution in [0.4, 0.5) is 5.69 Å². The normalized spacial score (nSPS) is 12.0. The second-order valence-corrected chi connectivity index (χ2v) is 5.46. The number of nitrogens with zero attached hydrogens (tertiary/aromatic N) is 1. The number of methoxy groups -OCH3 is 1. The lowest BCUT2D eigenvalue weighted by atomic mass is 10.1. The maximum absolute atomic E-state index is 10.4. The highest BCUT2D eigenvalue weighted by atomic mass is 16.5. The van der Waals surface area contributed by atoms with E-state index in [-0.39, 0.29) is 0 Å². The summed E-state index contributed by atoms with van der Waals surface area (Å²) in [5.74, 6) is 0.800. The molecule has 0 aliphatic heterocycles. The zero-order valence-electron chi connectivity index (χ0n) is 13.1. The van der Waals surface area contributed by atoms with Crippen molar-refractivity contribution >= 4 is 5.69 Å². The van der Waals surface area contributed by atoms with Crippen LogP contribution in [0.15, 0.2) is 42.5 Å². The number of ether oxygens (including phenoxy) is 1. The van der Waals surface area contributed by atoms with Gasteiger partial charge in [-0.15, -0.1) is 0 Å². The van der Waals surface area contributed by atoms with Crippen molar-refractivity contribution in [2.75, 3.05) is 25.6 Å². The molecule has 0 saturated heterocycles. The second kappa shape index (κ2) is 6.64. The summed E-state index contributed by atoms with van der Waals surface area (Å²) in [5, 5.41) is 10.4. The molecule has 0 amide bonds. The first kappa shape index (κ1) is 15.4. The van der Waals surface area contributed by atoms with Crippen LogP contribution in [0.2, 0.25) is 0 Å². The fourth-order valence-electron chi connectivity index (χ4n) is 2.52. The zero-order chi connectivity index (χ0) is 15.4. The van der Waals surface area contributed by atoms with E-state index < -0.39 is 6.10 Å². The summed E-state index contributed by atoms with van der Waals surface area (Å²) in [6.07, 6.45) is -0.526. The highest BCUT2D eigenvalue weighted by Crippen LogP contribution is 2.23. The molecule has 0 saturated carbocycles. The second-order valence-electron chi connectivity index (χ2n) is 5.46. The minimum atomic E-state index is -0.526. The van der Waals surface area contributed by atoms with E-state index in [1.54, 1.807) is 7.11 Å². The number of aliphatic hydroxyl groups excluding tert-OH is 1. The molecule has 2 aromatic carbocycles. The first-order valence-corrected chi connectivity index (χ1v) is 7.11. The zero-order valence-corrected chi connectivity index (χ0v) is 13.1. The molecule has 0 aromatic heterocycles. The molecule has 0 bridgehead atoms. The van der Waals surface area contributed by atoms with Crippen molar-refractivity contribution in [3.05, 3.63) is 59.2 Å². The van der Waals surface area contributed by atoms with Crippen molar-refractivity contribution in [2.24, 2.45) is 0 Å². The van der Waals surface area contributed by atoms with Crippen LogP contribution in [0, 0.1) is 13.8 Å². The lowest BCUT2D eigenvalue weighted by Gasteiger charge is -2.25. The molecule has 21 heavy (non-hydrogen) atoms. The molecule has 2 aromatic rings. The summed E-state index contributed by atoms with van der Waals surface area (Å²) in [5.41, 5.74) is 4.51. The van der Waals surface area contributed by atoms with Gasteiger partial charge in [0.2, 0.25) is 0 Å². The lowest BCUT2D eigenvalue weighted by molar-refractivity contribution is 0.185. The van der Waals surface area contributed by atoms with Crippen molar-refractivity contribution in [2.45, 2.75) is 20.0 Å². The minimum Gasteiger partial charge on any atom is -0.497 e. The fourth-order valence-corrected chi connectivity index (χ4v) is 2.52. The maximum atomic E-state index is 10.4. The number of benzene rings is 2. The van der Waals surface area contributed by atoms with Crippen molar-refractivity contribution in [1.82, 2.24) is 0 Å². The number of aliphatic hydroxyl groups is 1. The van der Waals surface area contributed by atoms with Crippen LogP contribution in [0.5, 0.6) is 5.75 Å². The van der Waals surface area contributed by atoms with Crippen molar-refractivity contribution in [3.63, 3.8) is 0 Å². The van der Waals surface area contributed by atoms with Gasteiger partial charge in [-0.05, 0) is 43.2 Å². The topological polar surface area (TPSA) is 32.7 Å². The van der Waals surface area contributed by atoms with Gasteiger partial charge in [-0.2, -0.15) is 0 Å². The van der Waals surface area contributed by atoms with Crippen molar-refractivity contribution < 1.29 is 9.84 Å². The number of anilines is 1. The van der Waals surface area contributed by atoms with Crippen LogP contribution in [0.1, 0.15) is 22.8 Å². The van der Waals surface area contributed by atoms with Gasteiger partial charge in [0.15, 0.2) is 0 Å². The standard InChI is InChI=1S/C18H23NO2/c1-13-5-10-17(14(2)11-13)19(3)12-18(20)15-6-8-16(21-4)9-7-15/h5-11,18,20H,12H2,1-4H3. The third-order valence-electron chi connectivity index (χ3n) is 3.71. The number of hydrogen-bond donors (Lipinski definition) is 1. The Morgan fingerprint density at radius 1 is 1.10 bits per heavy atom. The molecule has 0 aliphatic rings. The molecule has 1 unspecified atom stereocenters. The summed E-state index contributed by atoms with van der Waals surface area (Å²) in [6, 6.07) is 13.9. The smallest absolute Gasteiger partial charge is 0.118 e.